The molecule has 0 bridgehead atoms. The van der Waals surface area contributed by atoms with E-state index in [2.05, 4.69) is 192 Å². The molecule has 238 valence electrons. The lowest BCUT2D eigenvalue weighted by molar-refractivity contribution is 1.34. The maximum Gasteiger partial charge on any atom is 0.329 e. The predicted octanol–water partition coefficient (Wildman–Crippen LogP) is 9.16. The fourth-order valence-electron chi connectivity index (χ4n) is 9.74. The molecule has 4 heteroatoms. The molecule has 12 rings (SSSR count). The van der Waals surface area contributed by atoms with Crippen molar-refractivity contribution in [3.05, 3.63) is 182 Å². The van der Waals surface area contributed by atoms with Gasteiger partial charge in [-0.05, 0) is 79.5 Å². The first-order chi connectivity index (χ1) is 25.8. The highest BCUT2D eigenvalue weighted by atomic mass is 15.1. The van der Waals surface area contributed by atoms with Crippen molar-refractivity contribution in [2.75, 3.05) is 9.62 Å². The molecule has 4 aliphatic heterocycles. The Morgan fingerprint density at radius 3 is 1.08 bits per heavy atom. The third kappa shape index (κ3) is 3.71. The van der Waals surface area contributed by atoms with Crippen LogP contribution >= 0.6 is 0 Å². The Morgan fingerprint density at radius 1 is 0.250 bits per heavy atom. The largest absolute Gasteiger partial charge is 0.376 e. The second kappa shape index (κ2) is 10.5. The molecule has 0 aromatic heterocycles. The van der Waals surface area contributed by atoms with Crippen LogP contribution in [0.4, 0.5) is 22.7 Å². The Hall–Kier alpha value is -6.51. The summed E-state index contributed by atoms with van der Waals surface area (Å²) in [5, 5.41) is 0. The van der Waals surface area contributed by atoms with Crippen molar-refractivity contribution < 1.29 is 0 Å². The molecule has 4 aliphatic rings. The lowest BCUT2D eigenvalue weighted by Crippen LogP contribution is -2.59. The van der Waals surface area contributed by atoms with E-state index < -0.39 is 0 Å². The van der Waals surface area contributed by atoms with Crippen LogP contribution in [0.15, 0.2) is 182 Å². The normalized spacial score (nSPS) is 13.6. The lowest BCUT2D eigenvalue weighted by Gasteiger charge is -2.44. The third-order valence-electron chi connectivity index (χ3n) is 11.9. The molecule has 0 unspecified atom stereocenters. The van der Waals surface area contributed by atoms with Gasteiger partial charge in [-0.25, -0.2) is 0 Å². The van der Waals surface area contributed by atoms with Crippen molar-refractivity contribution in [3.63, 3.8) is 0 Å². The summed E-state index contributed by atoms with van der Waals surface area (Å²) in [5.41, 5.74) is 23.3. The highest BCUT2D eigenvalue weighted by Crippen LogP contribution is 2.48. The summed E-state index contributed by atoms with van der Waals surface area (Å²) >= 11 is 0. The van der Waals surface area contributed by atoms with E-state index in [0.29, 0.717) is 0 Å². The summed E-state index contributed by atoms with van der Waals surface area (Å²) in [6.45, 7) is 0.160. The van der Waals surface area contributed by atoms with Crippen LogP contribution in [0.5, 0.6) is 0 Å². The van der Waals surface area contributed by atoms with Gasteiger partial charge in [-0.2, -0.15) is 0 Å². The Morgan fingerprint density at radius 2 is 0.577 bits per heavy atom. The first-order valence-electron chi connectivity index (χ1n) is 18.3. The molecule has 0 aliphatic carbocycles. The second-order valence-electron chi connectivity index (χ2n) is 14.4. The van der Waals surface area contributed by atoms with Gasteiger partial charge in [-0.3, -0.25) is 0 Å². The summed E-state index contributed by atoms with van der Waals surface area (Å²) in [5.74, 6) is 0. The third-order valence-corrected chi connectivity index (χ3v) is 11.9. The molecule has 0 atom stereocenters. The average molecular weight is 656 g/mol. The fourth-order valence-corrected chi connectivity index (χ4v) is 9.74. The van der Waals surface area contributed by atoms with E-state index >= 15 is 0 Å². The van der Waals surface area contributed by atoms with Crippen molar-refractivity contribution >= 4 is 58.3 Å². The van der Waals surface area contributed by atoms with E-state index in [0.717, 1.165) is 0 Å². The number of hydrogen-bond acceptors (Lipinski definition) is 2. The maximum atomic E-state index is 2.60. The Bertz CT molecular complexity index is 2610. The standard InChI is InChI=1S/C48H30B2N2/c1-7-19-41-33(13-1)38-17-5-12-24-47(38)52-48-30-32(26-28-40(48)35-15-3-8-20-42(35)49(41)52)31-25-27-36-39-18-6-11-23-46(39)51-45-22-10-4-16-37(45)34-14-2-9-21-43(34)50(51)44(36)29-31/h1-30H. The zero-order chi connectivity index (χ0) is 33.9. The minimum Gasteiger partial charge on any atom is -0.376 e. The molecule has 0 radical (unpaired) electrons. The zero-order valence-electron chi connectivity index (χ0n) is 28.4. The molecule has 52 heavy (non-hydrogen) atoms. The van der Waals surface area contributed by atoms with Crippen molar-refractivity contribution in [1.82, 2.24) is 0 Å². The monoisotopic (exact) mass is 656 g/mol. The number of anilines is 4. The van der Waals surface area contributed by atoms with Crippen molar-refractivity contribution in [1.29, 1.82) is 0 Å². The molecule has 8 aromatic carbocycles. The smallest absolute Gasteiger partial charge is 0.329 e. The van der Waals surface area contributed by atoms with Crippen molar-refractivity contribution in [2.24, 2.45) is 0 Å². The minimum absolute atomic E-state index is 0.0651. The van der Waals surface area contributed by atoms with E-state index in [9.17, 15) is 0 Å². The van der Waals surface area contributed by atoms with Gasteiger partial charge >= 0.3 is 13.7 Å². The molecule has 0 saturated heterocycles. The van der Waals surface area contributed by atoms with Crippen LogP contribution in [-0.4, -0.2) is 13.7 Å². The van der Waals surface area contributed by atoms with Gasteiger partial charge < -0.3 is 9.62 Å². The molecule has 2 nitrogen and oxygen atoms in total. The minimum atomic E-state index is 0.0651. The Kier molecular flexibility index (Phi) is 5.70. The maximum absolute atomic E-state index is 2.60. The van der Waals surface area contributed by atoms with Gasteiger partial charge in [0.05, 0.1) is 0 Å². The van der Waals surface area contributed by atoms with E-state index in [1.807, 2.05) is 0 Å². The lowest BCUT2D eigenvalue weighted by atomic mass is 9.43. The molecular weight excluding hydrogens is 626 g/mol. The van der Waals surface area contributed by atoms with Gasteiger partial charge in [0.25, 0.3) is 0 Å². The van der Waals surface area contributed by atoms with E-state index in [1.165, 1.54) is 100 Å². The summed E-state index contributed by atoms with van der Waals surface area (Å²) in [6.07, 6.45) is 0. The Labute approximate surface area is 304 Å². The molecule has 4 heterocycles. The van der Waals surface area contributed by atoms with Gasteiger partial charge in [-0.15, -0.1) is 0 Å². The van der Waals surface area contributed by atoms with Crippen LogP contribution in [0.25, 0.3) is 55.6 Å². The number of para-hydroxylation sites is 3. The van der Waals surface area contributed by atoms with Gasteiger partial charge in [0.15, 0.2) is 0 Å². The summed E-state index contributed by atoms with van der Waals surface area (Å²) in [6, 6.07) is 68.0. The first-order valence-corrected chi connectivity index (χ1v) is 18.3. The number of hydrogen-bond donors (Lipinski definition) is 0. The van der Waals surface area contributed by atoms with Crippen LogP contribution in [0.3, 0.4) is 0 Å². The summed E-state index contributed by atoms with van der Waals surface area (Å²) < 4.78 is 0. The van der Waals surface area contributed by atoms with Crippen LogP contribution in [0, 0.1) is 0 Å². The highest BCUT2D eigenvalue weighted by Gasteiger charge is 2.44. The highest BCUT2D eigenvalue weighted by molar-refractivity contribution is 6.93. The first kappa shape index (κ1) is 28.2. The zero-order valence-corrected chi connectivity index (χ0v) is 28.4. The number of fused-ring (bicyclic) bond motifs is 22. The van der Waals surface area contributed by atoms with Crippen molar-refractivity contribution in [3.8, 4) is 55.6 Å². The molecule has 8 aromatic rings. The van der Waals surface area contributed by atoms with E-state index in [-0.39, 0.29) is 13.7 Å². The van der Waals surface area contributed by atoms with Crippen LogP contribution in [-0.2, 0) is 0 Å². The topological polar surface area (TPSA) is 6.48 Å². The van der Waals surface area contributed by atoms with Crippen LogP contribution < -0.4 is 31.5 Å². The predicted molar refractivity (Wildman–Crippen MR) is 221 cm³/mol. The summed E-state index contributed by atoms with van der Waals surface area (Å²) in [7, 11) is 0. The molecule has 0 N–H and O–H groups in total. The number of benzene rings is 8. The van der Waals surface area contributed by atoms with E-state index in [1.54, 1.807) is 0 Å². The van der Waals surface area contributed by atoms with Crippen molar-refractivity contribution in [2.45, 2.75) is 0 Å². The van der Waals surface area contributed by atoms with Gasteiger partial charge in [0.2, 0.25) is 0 Å². The molecule has 0 spiro atoms. The molecule has 0 fully saturated rings. The second-order valence-corrected chi connectivity index (χ2v) is 14.4. The molecule has 0 amide bonds. The SMILES string of the molecule is c1ccc2c(c1)B1c3cc(-c4ccc5c(c4)N4B(c6ccccc6-c6ccccc64)c4ccccc4-5)ccc3-c3ccccc3N1c1ccccc1-2. The average Bonchev–Trinajstić information content (AvgIpc) is 3.23. The number of nitrogens with zero attached hydrogens (tertiary/aromatic N) is 2. The quantitative estimate of drug-likeness (QED) is 0.163. The molecular formula is C48H30B2N2. The van der Waals surface area contributed by atoms with Gasteiger partial charge in [0, 0.05) is 45.0 Å². The van der Waals surface area contributed by atoms with Crippen LogP contribution in [0.2, 0.25) is 0 Å². The van der Waals surface area contributed by atoms with Gasteiger partial charge in [0.1, 0.15) is 0 Å². The fraction of sp³-hybridized carbons (Fsp3) is 0. The Balaban J connectivity index is 1.08. The van der Waals surface area contributed by atoms with Gasteiger partial charge in [-0.1, -0.05) is 158 Å². The number of rotatable bonds is 1. The summed E-state index contributed by atoms with van der Waals surface area (Å²) in [4.78, 5) is 5.18. The molecule has 0 saturated carbocycles. The van der Waals surface area contributed by atoms with Crippen LogP contribution in [0.1, 0.15) is 0 Å². The van der Waals surface area contributed by atoms with E-state index in [4.69, 9.17) is 0 Å².